The molecule has 0 saturated heterocycles. The Morgan fingerprint density at radius 2 is 1.93 bits per heavy atom. The Balaban J connectivity index is 1.69. The van der Waals surface area contributed by atoms with Crippen LogP contribution in [0, 0.1) is 13.8 Å². The first-order valence-corrected chi connectivity index (χ1v) is 8.86. The fraction of sp³-hybridized carbons (Fsp3) is 0.333. The van der Waals surface area contributed by atoms with E-state index in [9.17, 15) is 0 Å². The summed E-state index contributed by atoms with van der Waals surface area (Å²) in [5.41, 5.74) is 4.00. The Labute approximate surface area is 159 Å². The third-order valence-electron chi connectivity index (χ3n) is 4.39. The normalized spacial score (nSPS) is 11.0. The Morgan fingerprint density at radius 3 is 2.59 bits per heavy atom. The Kier molecular flexibility index (Phi) is 6.08. The van der Waals surface area contributed by atoms with Gasteiger partial charge in [0.05, 0.1) is 24.1 Å². The number of aryl methyl sites for hydroxylation is 2. The topological polar surface area (TPSA) is 60.6 Å². The Morgan fingerprint density at radius 1 is 1.07 bits per heavy atom. The number of nitrogens with zero attached hydrogens (tertiary/aromatic N) is 3. The zero-order valence-electron chi connectivity index (χ0n) is 16.2. The lowest BCUT2D eigenvalue weighted by Crippen LogP contribution is -2.18. The van der Waals surface area contributed by atoms with Gasteiger partial charge in [0.25, 0.3) is 0 Å². The molecule has 6 heteroatoms. The van der Waals surface area contributed by atoms with Crippen LogP contribution in [-0.4, -0.2) is 29.2 Å². The summed E-state index contributed by atoms with van der Waals surface area (Å²) in [5.74, 6) is 2.19. The van der Waals surface area contributed by atoms with Crippen molar-refractivity contribution in [3.63, 3.8) is 0 Å². The van der Waals surface area contributed by atoms with Crippen LogP contribution >= 0.6 is 0 Å². The Hall–Kier alpha value is -2.86. The summed E-state index contributed by atoms with van der Waals surface area (Å²) in [7, 11) is 3.72. The molecule has 0 amide bonds. The van der Waals surface area contributed by atoms with Crippen LogP contribution in [0.4, 0.5) is 0 Å². The number of aromatic nitrogens is 2. The highest BCUT2D eigenvalue weighted by atomic mass is 16.5. The van der Waals surface area contributed by atoms with E-state index in [1.54, 1.807) is 7.11 Å². The van der Waals surface area contributed by atoms with Crippen molar-refractivity contribution in [3.8, 4) is 11.5 Å². The number of pyridine rings is 1. The molecule has 0 unspecified atom stereocenters. The SMILES string of the molecule is COc1ccc(CN(C)Cc2ccccn2)cc1OCc1c(C)noc1C. The van der Waals surface area contributed by atoms with Gasteiger partial charge in [-0.05, 0) is 50.7 Å². The molecule has 0 aliphatic carbocycles. The molecule has 6 nitrogen and oxygen atoms in total. The van der Waals surface area contributed by atoms with Crippen LogP contribution in [0.15, 0.2) is 47.1 Å². The molecule has 0 radical (unpaired) electrons. The van der Waals surface area contributed by atoms with Crippen LogP contribution < -0.4 is 9.47 Å². The van der Waals surface area contributed by atoms with Crippen LogP contribution in [0.2, 0.25) is 0 Å². The van der Waals surface area contributed by atoms with Crippen molar-refractivity contribution in [3.05, 3.63) is 70.9 Å². The van der Waals surface area contributed by atoms with E-state index in [0.717, 1.165) is 41.4 Å². The van der Waals surface area contributed by atoms with Gasteiger partial charge in [0, 0.05) is 19.3 Å². The second kappa shape index (κ2) is 8.68. The first-order chi connectivity index (χ1) is 13.1. The van der Waals surface area contributed by atoms with Crippen molar-refractivity contribution < 1.29 is 14.0 Å². The van der Waals surface area contributed by atoms with E-state index in [4.69, 9.17) is 14.0 Å². The monoisotopic (exact) mass is 367 g/mol. The number of methoxy groups -OCH3 is 1. The van der Waals surface area contributed by atoms with Crippen molar-refractivity contribution in [2.24, 2.45) is 0 Å². The lowest BCUT2D eigenvalue weighted by molar-refractivity contribution is 0.279. The third kappa shape index (κ3) is 4.86. The molecule has 27 heavy (non-hydrogen) atoms. The fourth-order valence-electron chi connectivity index (χ4n) is 2.93. The molecule has 0 aliphatic heterocycles. The molecule has 1 aromatic carbocycles. The van der Waals surface area contributed by atoms with Crippen LogP contribution in [0.25, 0.3) is 0 Å². The van der Waals surface area contributed by atoms with Gasteiger partial charge in [-0.3, -0.25) is 9.88 Å². The minimum absolute atomic E-state index is 0.394. The largest absolute Gasteiger partial charge is 0.493 e. The van der Waals surface area contributed by atoms with Gasteiger partial charge in [-0.15, -0.1) is 0 Å². The van der Waals surface area contributed by atoms with Crippen molar-refractivity contribution in [2.45, 2.75) is 33.5 Å². The molecule has 2 aromatic heterocycles. The lowest BCUT2D eigenvalue weighted by atomic mass is 10.1. The summed E-state index contributed by atoms with van der Waals surface area (Å²) in [6.45, 7) is 5.75. The first-order valence-electron chi connectivity index (χ1n) is 8.86. The zero-order chi connectivity index (χ0) is 19.2. The molecule has 3 rings (SSSR count). The average molecular weight is 367 g/mol. The predicted octanol–water partition coefficient (Wildman–Crippen LogP) is 3.91. The molecule has 0 N–H and O–H groups in total. The summed E-state index contributed by atoms with van der Waals surface area (Å²) in [6, 6.07) is 12.0. The van der Waals surface area contributed by atoms with E-state index in [1.807, 2.05) is 50.4 Å². The maximum Gasteiger partial charge on any atom is 0.161 e. The van der Waals surface area contributed by atoms with Gasteiger partial charge in [-0.25, -0.2) is 0 Å². The molecule has 142 valence electrons. The quantitative estimate of drug-likeness (QED) is 0.602. The van der Waals surface area contributed by atoms with Crippen molar-refractivity contribution in [1.29, 1.82) is 0 Å². The number of ether oxygens (including phenoxy) is 2. The minimum Gasteiger partial charge on any atom is -0.493 e. The van der Waals surface area contributed by atoms with Gasteiger partial charge < -0.3 is 14.0 Å². The first kappa shape index (κ1) is 18.9. The number of hydrogen-bond donors (Lipinski definition) is 0. The summed E-state index contributed by atoms with van der Waals surface area (Å²) in [4.78, 5) is 6.59. The molecule has 0 atom stereocenters. The number of rotatable bonds is 8. The van der Waals surface area contributed by atoms with E-state index >= 15 is 0 Å². The zero-order valence-corrected chi connectivity index (χ0v) is 16.2. The smallest absolute Gasteiger partial charge is 0.161 e. The van der Waals surface area contributed by atoms with E-state index < -0.39 is 0 Å². The molecule has 0 fully saturated rings. The fourth-order valence-corrected chi connectivity index (χ4v) is 2.93. The predicted molar refractivity (Wildman–Crippen MR) is 103 cm³/mol. The highest BCUT2D eigenvalue weighted by Crippen LogP contribution is 2.30. The molecule has 3 aromatic rings. The molecule has 0 bridgehead atoms. The second-order valence-electron chi connectivity index (χ2n) is 6.57. The second-order valence-corrected chi connectivity index (χ2v) is 6.57. The number of hydrogen-bond acceptors (Lipinski definition) is 6. The van der Waals surface area contributed by atoms with Crippen molar-refractivity contribution in [2.75, 3.05) is 14.2 Å². The highest BCUT2D eigenvalue weighted by molar-refractivity contribution is 5.43. The molecule has 0 saturated carbocycles. The average Bonchev–Trinajstić information content (AvgIpc) is 2.98. The standard InChI is InChI=1S/C21H25N3O3/c1-15-19(16(2)27-23-15)14-26-21-11-17(8-9-20(21)25-4)12-24(3)13-18-7-5-6-10-22-18/h5-11H,12-14H2,1-4H3. The molecule has 0 spiro atoms. The van der Waals surface area contributed by atoms with Crippen LogP contribution in [0.5, 0.6) is 11.5 Å². The summed E-state index contributed by atoms with van der Waals surface area (Å²) < 4.78 is 16.7. The lowest BCUT2D eigenvalue weighted by Gasteiger charge is -2.18. The van der Waals surface area contributed by atoms with Gasteiger partial charge in [0.1, 0.15) is 12.4 Å². The maximum atomic E-state index is 6.02. The van der Waals surface area contributed by atoms with E-state index in [0.29, 0.717) is 18.1 Å². The van der Waals surface area contributed by atoms with Crippen LogP contribution in [-0.2, 0) is 19.7 Å². The summed E-state index contributed by atoms with van der Waals surface area (Å²) in [6.07, 6.45) is 1.82. The Bertz CT molecular complexity index is 858. The van der Waals surface area contributed by atoms with Gasteiger partial charge in [0.15, 0.2) is 11.5 Å². The minimum atomic E-state index is 0.394. The molecule has 0 aliphatic rings. The summed E-state index contributed by atoms with van der Waals surface area (Å²) >= 11 is 0. The van der Waals surface area contributed by atoms with E-state index in [2.05, 4.69) is 28.2 Å². The van der Waals surface area contributed by atoms with E-state index in [-0.39, 0.29) is 0 Å². The highest BCUT2D eigenvalue weighted by Gasteiger charge is 2.13. The van der Waals surface area contributed by atoms with Gasteiger partial charge >= 0.3 is 0 Å². The van der Waals surface area contributed by atoms with E-state index in [1.165, 1.54) is 0 Å². The summed E-state index contributed by atoms with van der Waals surface area (Å²) in [5, 5.41) is 3.97. The third-order valence-corrected chi connectivity index (χ3v) is 4.39. The maximum absolute atomic E-state index is 6.02. The van der Waals surface area contributed by atoms with Crippen molar-refractivity contribution >= 4 is 0 Å². The van der Waals surface area contributed by atoms with Gasteiger partial charge in [-0.1, -0.05) is 17.3 Å². The van der Waals surface area contributed by atoms with Crippen molar-refractivity contribution in [1.82, 2.24) is 15.0 Å². The molecule has 2 heterocycles. The van der Waals surface area contributed by atoms with Crippen LogP contribution in [0.1, 0.15) is 28.3 Å². The molecular formula is C21H25N3O3. The number of benzene rings is 1. The van der Waals surface area contributed by atoms with Gasteiger partial charge in [0.2, 0.25) is 0 Å². The van der Waals surface area contributed by atoms with Crippen LogP contribution in [0.3, 0.4) is 0 Å². The van der Waals surface area contributed by atoms with Gasteiger partial charge in [-0.2, -0.15) is 0 Å². The molecular weight excluding hydrogens is 342 g/mol.